The van der Waals surface area contributed by atoms with Crippen LogP contribution in [-0.2, 0) is 0 Å². The maximum absolute atomic E-state index is 9.12. The summed E-state index contributed by atoms with van der Waals surface area (Å²) in [5, 5.41) is 9.12. The Morgan fingerprint density at radius 2 is 2.31 bits per heavy atom. The second-order valence-corrected chi connectivity index (χ2v) is 4.91. The van der Waals surface area contributed by atoms with Gasteiger partial charge in [0.1, 0.15) is 0 Å². The normalized spacial score (nSPS) is 40.6. The first-order valence-electron chi connectivity index (χ1n) is 5.61. The molecule has 2 aliphatic rings. The van der Waals surface area contributed by atoms with Crippen LogP contribution in [0.1, 0.15) is 32.6 Å². The van der Waals surface area contributed by atoms with Gasteiger partial charge in [-0.15, -0.1) is 0 Å². The van der Waals surface area contributed by atoms with Crippen molar-refractivity contribution in [1.82, 2.24) is 4.90 Å². The van der Waals surface area contributed by atoms with Crippen LogP contribution in [0.5, 0.6) is 0 Å². The number of aliphatic hydroxyl groups excluding tert-OH is 1. The highest BCUT2D eigenvalue weighted by Crippen LogP contribution is 2.47. The Labute approximate surface area is 80.9 Å². The zero-order valence-corrected chi connectivity index (χ0v) is 8.63. The van der Waals surface area contributed by atoms with E-state index in [1.165, 1.54) is 45.3 Å². The molecular weight excluding hydrogens is 162 g/mol. The summed E-state index contributed by atoms with van der Waals surface area (Å²) in [7, 11) is 0. The van der Waals surface area contributed by atoms with E-state index in [0.29, 0.717) is 17.9 Å². The summed E-state index contributed by atoms with van der Waals surface area (Å²) in [5.74, 6) is 0.608. The van der Waals surface area contributed by atoms with Crippen molar-refractivity contribution in [2.24, 2.45) is 11.3 Å². The SMILES string of the molecule is CCN1CC[C@]2(CC[C@@H](CO)C2)C1. The third-order valence-electron chi connectivity index (χ3n) is 4.03. The predicted octanol–water partition coefficient (Wildman–Crippen LogP) is 1.49. The maximum Gasteiger partial charge on any atom is 0.0459 e. The maximum atomic E-state index is 9.12. The Hall–Kier alpha value is -0.0800. The summed E-state index contributed by atoms with van der Waals surface area (Å²) in [6.45, 7) is 6.44. The van der Waals surface area contributed by atoms with Crippen LogP contribution < -0.4 is 0 Å². The largest absolute Gasteiger partial charge is 0.396 e. The molecule has 2 fully saturated rings. The Kier molecular flexibility index (Phi) is 2.61. The average molecular weight is 183 g/mol. The molecule has 2 heteroatoms. The van der Waals surface area contributed by atoms with Gasteiger partial charge in [0.05, 0.1) is 0 Å². The lowest BCUT2D eigenvalue weighted by Gasteiger charge is -2.23. The van der Waals surface area contributed by atoms with E-state index in [2.05, 4.69) is 11.8 Å². The molecule has 0 bridgehead atoms. The van der Waals surface area contributed by atoms with E-state index in [4.69, 9.17) is 5.11 Å². The molecule has 2 rings (SSSR count). The molecule has 2 nitrogen and oxygen atoms in total. The zero-order valence-electron chi connectivity index (χ0n) is 8.63. The molecule has 1 N–H and O–H groups in total. The minimum Gasteiger partial charge on any atom is -0.396 e. The van der Waals surface area contributed by atoms with Gasteiger partial charge in [-0.3, -0.25) is 0 Å². The van der Waals surface area contributed by atoms with E-state index in [1.807, 2.05) is 0 Å². The van der Waals surface area contributed by atoms with Crippen molar-refractivity contribution in [2.45, 2.75) is 32.6 Å². The van der Waals surface area contributed by atoms with E-state index in [0.717, 1.165) is 0 Å². The van der Waals surface area contributed by atoms with Crippen molar-refractivity contribution < 1.29 is 5.11 Å². The first-order chi connectivity index (χ1) is 6.28. The summed E-state index contributed by atoms with van der Waals surface area (Å²) in [6, 6.07) is 0. The van der Waals surface area contributed by atoms with Gasteiger partial charge in [-0.25, -0.2) is 0 Å². The summed E-state index contributed by atoms with van der Waals surface area (Å²) in [6.07, 6.45) is 5.26. The topological polar surface area (TPSA) is 23.5 Å². The quantitative estimate of drug-likeness (QED) is 0.701. The Bertz CT molecular complexity index is 161. The van der Waals surface area contributed by atoms with Gasteiger partial charge in [0.15, 0.2) is 0 Å². The molecule has 1 saturated heterocycles. The molecule has 76 valence electrons. The summed E-state index contributed by atoms with van der Waals surface area (Å²) < 4.78 is 0. The standard InChI is InChI=1S/C11H21NO/c1-2-12-6-5-11(9-12)4-3-10(7-11)8-13/h10,13H,2-9H2,1H3/t10-,11+/m1/s1. The highest BCUT2D eigenvalue weighted by atomic mass is 16.3. The van der Waals surface area contributed by atoms with Crippen LogP contribution in [0, 0.1) is 11.3 Å². The molecule has 1 heterocycles. The van der Waals surface area contributed by atoms with Crippen LogP contribution in [0.15, 0.2) is 0 Å². The molecule has 2 atom stereocenters. The van der Waals surface area contributed by atoms with E-state index in [9.17, 15) is 0 Å². The van der Waals surface area contributed by atoms with E-state index >= 15 is 0 Å². The van der Waals surface area contributed by atoms with Crippen LogP contribution >= 0.6 is 0 Å². The van der Waals surface area contributed by atoms with Crippen molar-refractivity contribution in [2.75, 3.05) is 26.2 Å². The lowest BCUT2D eigenvalue weighted by molar-refractivity contribution is 0.206. The van der Waals surface area contributed by atoms with Crippen molar-refractivity contribution in [3.05, 3.63) is 0 Å². The molecule has 0 aromatic rings. The number of nitrogens with zero attached hydrogens (tertiary/aromatic N) is 1. The van der Waals surface area contributed by atoms with Gasteiger partial charge in [0.2, 0.25) is 0 Å². The van der Waals surface area contributed by atoms with Gasteiger partial charge >= 0.3 is 0 Å². The smallest absolute Gasteiger partial charge is 0.0459 e. The van der Waals surface area contributed by atoms with Crippen molar-refractivity contribution >= 4 is 0 Å². The molecule has 1 aliphatic heterocycles. The lowest BCUT2D eigenvalue weighted by Crippen LogP contribution is -2.25. The first-order valence-corrected chi connectivity index (χ1v) is 5.61. The second-order valence-electron chi connectivity index (χ2n) is 4.91. The van der Waals surface area contributed by atoms with Gasteiger partial charge in [-0.2, -0.15) is 0 Å². The Morgan fingerprint density at radius 3 is 2.85 bits per heavy atom. The van der Waals surface area contributed by atoms with Crippen molar-refractivity contribution in [3.63, 3.8) is 0 Å². The van der Waals surface area contributed by atoms with Gasteiger partial charge < -0.3 is 10.0 Å². The van der Waals surface area contributed by atoms with Gasteiger partial charge in [-0.1, -0.05) is 6.92 Å². The predicted molar refractivity (Wildman–Crippen MR) is 53.6 cm³/mol. The highest BCUT2D eigenvalue weighted by molar-refractivity contribution is 4.95. The molecule has 13 heavy (non-hydrogen) atoms. The van der Waals surface area contributed by atoms with Crippen LogP contribution in [0.25, 0.3) is 0 Å². The highest BCUT2D eigenvalue weighted by Gasteiger charge is 2.43. The average Bonchev–Trinajstić information content (AvgIpc) is 2.74. The minimum absolute atomic E-state index is 0.411. The third kappa shape index (κ3) is 1.75. The lowest BCUT2D eigenvalue weighted by atomic mass is 9.84. The van der Waals surface area contributed by atoms with E-state index in [1.54, 1.807) is 0 Å². The van der Waals surface area contributed by atoms with Crippen LogP contribution in [-0.4, -0.2) is 36.2 Å². The summed E-state index contributed by atoms with van der Waals surface area (Å²) in [4.78, 5) is 2.56. The molecule has 0 aromatic carbocycles. The molecule has 1 saturated carbocycles. The molecule has 0 unspecified atom stereocenters. The molecular formula is C11H21NO. The van der Waals surface area contributed by atoms with Crippen molar-refractivity contribution in [1.29, 1.82) is 0 Å². The fraction of sp³-hybridized carbons (Fsp3) is 1.00. The fourth-order valence-electron chi connectivity index (χ4n) is 3.15. The number of rotatable bonds is 2. The molecule has 1 spiro atoms. The first kappa shape index (κ1) is 9.47. The number of hydrogen-bond acceptors (Lipinski definition) is 2. The number of likely N-dealkylation sites (tertiary alicyclic amines) is 1. The minimum atomic E-state index is 0.411. The molecule has 1 aliphatic carbocycles. The summed E-state index contributed by atoms with van der Waals surface area (Å²) in [5.41, 5.74) is 0.601. The van der Waals surface area contributed by atoms with Crippen LogP contribution in [0.4, 0.5) is 0 Å². The second kappa shape index (κ2) is 3.58. The number of aliphatic hydroxyl groups is 1. The Morgan fingerprint density at radius 1 is 1.46 bits per heavy atom. The summed E-state index contributed by atoms with van der Waals surface area (Å²) >= 11 is 0. The third-order valence-corrected chi connectivity index (χ3v) is 4.03. The number of hydrogen-bond donors (Lipinski definition) is 1. The van der Waals surface area contributed by atoms with Crippen LogP contribution in [0.3, 0.4) is 0 Å². The van der Waals surface area contributed by atoms with E-state index in [-0.39, 0.29) is 0 Å². The molecule has 0 radical (unpaired) electrons. The van der Waals surface area contributed by atoms with E-state index < -0.39 is 0 Å². The van der Waals surface area contributed by atoms with Crippen LogP contribution in [0.2, 0.25) is 0 Å². The monoisotopic (exact) mass is 183 g/mol. The zero-order chi connectivity index (χ0) is 9.31. The van der Waals surface area contributed by atoms with Gasteiger partial charge in [0.25, 0.3) is 0 Å². The van der Waals surface area contributed by atoms with Crippen molar-refractivity contribution in [3.8, 4) is 0 Å². The molecule has 0 amide bonds. The molecule has 0 aromatic heterocycles. The fourth-order valence-corrected chi connectivity index (χ4v) is 3.15. The van der Waals surface area contributed by atoms with Gasteiger partial charge in [-0.05, 0) is 50.1 Å². The van der Waals surface area contributed by atoms with Gasteiger partial charge in [0, 0.05) is 13.2 Å². The Balaban J connectivity index is 1.93.